The van der Waals surface area contributed by atoms with Gasteiger partial charge in [-0.15, -0.1) is 23.1 Å². The molecule has 0 aliphatic rings. The maximum atomic E-state index is 10.2. The summed E-state index contributed by atoms with van der Waals surface area (Å²) in [5.41, 5.74) is 2.12. The van der Waals surface area contributed by atoms with Crippen LogP contribution < -0.4 is 0 Å². The Morgan fingerprint density at radius 2 is 1.88 bits per heavy atom. The fraction of sp³-hybridized carbons (Fsp3) is 0.231. The lowest BCUT2D eigenvalue weighted by Gasteiger charge is -2.10. The third kappa shape index (κ3) is 2.32. The first kappa shape index (κ1) is 11.7. The van der Waals surface area contributed by atoms with Gasteiger partial charge in [0.1, 0.15) is 6.10 Å². The SMILES string of the molecule is CSc1ccc(C(O)c2sccc2C)cc1. The Hall–Kier alpha value is -0.770. The lowest BCUT2D eigenvalue weighted by atomic mass is 10.1. The van der Waals surface area contributed by atoms with Crippen LogP contribution in [0, 0.1) is 6.92 Å². The average Bonchev–Trinajstić information content (AvgIpc) is 2.75. The number of thioether (sulfide) groups is 1. The van der Waals surface area contributed by atoms with Crippen LogP contribution in [0.3, 0.4) is 0 Å². The number of rotatable bonds is 3. The first-order chi connectivity index (χ1) is 7.72. The molecule has 0 fully saturated rings. The van der Waals surface area contributed by atoms with E-state index in [-0.39, 0.29) is 0 Å². The summed E-state index contributed by atoms with van der Waals surface area (Å²) in [6, 6.07) is 10.1. The van der Waals surface area contributed by atoms with Crippen LogP contribution in [0.15, 0.2) is 40.6 Å². The molecule has 0 bridgehead atoms. The zero-order valence-corrected chi connectivity index (χ0v) is 10.9. The molecule has 1 aromatic heterocycles. The first-order valence-electron chi connectivity index (χ1n) is 5.08. The second kappa shape index (κ2) is 5.04. The van der Waals surface area contributed by atoms with Crippen molar-refractivity contribution in [1.29, 1.82) is 0 Å². The van der Waals surface area contributed by atoms with Gasteiger partial charge in [-0.05, 0) is 47.9 Å². The van der Waals surface area contributed by atoms with Gasteiger partial charge in [-0.2, -0.15) is 0 Å². The van der Waals surface area contributed by atoms with Gasteiger partial charge < -0.3 is 5.11 Å². The quantitative estimate of drug-likeness (QED) is 0.835. The molecule has 1 nitrogen and oxygen atoms in total. The fourth-order valence-electron chi connectivity index (χ4n) is 1.60. The van der Waals surface area contributed by atoms with Gasteiger partial charge in [0.25, 0.3) is 0 Å². The summed E-state index contributed by atoms with van der Waals surface area (Å²) in [7, 11) is 0. The van der Waals surface area contributed by atoms with E-state index in [1.807, 2.05) is 42.6 Å². The molecule has 3 heteroatoms. The summed E-state index contributed by atoms with van der Waals surface area (Å²) < 4.78 is 0. The van der Waals surface area contributed by atoms with Gasteiger partial charge in [-0.25, -0.2) is 0 Å². The van der Waals surface area contributed by atoms with Crippen molar-refractivity contribution in [2.75, 3.05) is 6.26 Å². The molecule has 16 heavy (non-hydrogen) atoms. The van der Waals surface area contributed by atoms with Crippen molar-refractivity contribution in [2.45, 2.75) is 17.9 Å². The zero-order valence-electron chi connectivity index (χ0n) is 9.31. The number of thiophene rings is 1. The van der Waals surface area contributed by atoms with Gasteiger partial charge in [-0.3, -0.25) is 0 Å². The fourth-order valence-corrected chi connectivity index (χ4v) is 2.95. The molecule has 84 valence electrons. The lowest BCUT2D eigenvalue weighted by molar-refractivity contribution is 0.223. The van der Waals surface area contributed by atoms with Crippen molar-refractivity contribution in [3.63, 3.8) is 0 Å². The Balaban J connectivity index is 2.27. The summed E-state index contributed by atoms with van der Waals surface area (Å²) in [4.78, 5) is 2.26. The highest BCUT2D eigenvalue weighted by Crippen LogP contribution is 2.30. The summed E-state index contributed by atoms with van der Waals surface area (Å²) in [6.07, 6.45) is 1.56. The highest BCUT2D eigenvalue weighted by atomic mass is 32.2. The molecule has 1 heterocycles. The van der Waals surface area contributed by atoms with E-state index in [0.717, 1.165) is 16.0 Å². The summed E-state index contributed by atoms with van der Waals surface area (Å²) >= 11 is 3.32. The van der Waals surface area contributed by atoms with E-state index in [1.54, 1.807) is 23.1 Å². The molecule has 0 aliphatic heterocycles. The topological polar surface area (TPSA) is 20.2 Å². The average molecular weight is 250 g/mol. The molecular formula is C13H14OS2. The van der Waals surface area contributed by atoms with E-state index in [4.69, 9.17) is 0 Å². The molecule has 0 aliphatic carbocycles. The Labute approximate surface area is 104 Å². The van der Waals surface area contributed by atoms with Gasteiger partial charge in [-0.1, -0.05) is 12.1 Å². The minimum absolute atomic E-state index is 0.490. The van der Waals surface area contributed by atoms with Gasteiger partial charge in [0, 0.05) is 9.77 Å². The molecule has 0 amide bonds. The standard InChI is InChI=1S/C13H14OS2/c1-9-7-8-16-13(9)12(14)10-3-5-11(15-2)6-4-10/h3-8,12,14H,1-2H3. The van der Waals surface area contributed by atoms with Gasteiger partial charge in [0.15, 0.2) is 0 Å². The molecule has 0 radical (unpaired) electrons. The number of hydrogen-bond acceptors (Lipinski definition) is 3. The van der Waals surface area contributed by atoms with Crippen LogP contribution >= 0.6 is 23.1 Å². The second-order valence-electron chi connectivity index (χ2n) is 3.64. The van der Waals surface area contributed by atoms with Crippen molar-refractivity contribution in [1.82, 2.24) is 0 Å². The number of aliphatic hydroxyl groups excluding tert-OH is 1. The van der Waals surface area contributed by atoms with Crippen LogP contribution in [0.4, 0.5) is 0 Å². The van der Waals surface area contributed by atoms with E-state index in [9.17, 15) is 5.11 Å². The summed E-state index contributed by atoms with van der Waals surface area (Å²) in [5, 5.41) is 12.2. The first-order valence-corrected chi connectivity index (χ1v) is 7.19. The molecule has 1 N–H and O–H groups in total. The van der Waals surface area contributed by atoms with Crippen molar-refractivity contribution in [3.05, 3.63) is 51.7 Å². The zero-order chi connectivity index (χ0) is 11.5. The monoisotopic (exact) mass is 250 g/mol. The number of hydrogen-bond donors (Lipinski definition) is 1. The number of aryl methyl sites for hydroxylation is 1. The van der Waals surface area contributed by atoms with Crippen molar-refractivity contribution >= 4 is 23.1 Å². The molecule has 0 saturated carbocycles. The van der Waals surface area contributed by atoms with Crippen LogP contribution in [0.1, 0.15) is 22.1 Å². The predicted molar refractivity (Wildman–Crippen MR) is 71.3 cm³/mol. The summed E-state index contributed by atoms with van der Waals surface area (Å²) in [6.45, 7) is 2.03. The van der Waals surface area contributed by atoms with Crippen LogP contribution in [0.2, 0.25) is 0 Å². The van der Waals surface area contributed by atoms with Crippen LogP contribution in [0.5, 0.6) is 0 Å². The molecule has 1 unspecified atom stereocenters. The van der Waals surface area contributed by atoms with Gasteiger partial charge in [0.05, 0.1) is 0 Å². The van der Waals surface area contributed by atoms with Crippen molar-refractivity contribution < 1.29 is 5.11 Å². The van der Waals surface area contributed by atoms with Crippen molar-refractivity contribution in [2.24, 2.45) is 0 Å². The van der Waals surface area contributed by atoms with Gasteiger partial charge >= 0.3 is 0 Å². The Kier molecular flexibility index (Phi) is 3.69. The van der Waals surface area contributed by atoms with Crippen LogP contribution in [0.25, 0.3) is 0 Å². The Morgan fingerprint density at radius 1 is 1.19 bits per heavy atom. The predicted octanol–water partition coefficient (Wildman–Crippen LogP) is 3.86. The molecule has 2 aromatic rings. The highest BCUT2D eigenvalue weighted by Gasteiger charge is 2.13. The van der Waals surface area contributed by atoms with E-state index in [2.05, 4.69) is 6.26 Å². The largest absolute Gasteiger partial charge is 0.383 e. The second-order valence-corrected chi connectivity index (χ2v) is 5.47. The molecule has 0 spiro atoms. The minimum Gasteiger partial charge on any atom is -0.383 e. The number of aliphatic hydroxyl groups is 1. The third-order valence-electron chi connectivity index (χ3n) is 2.58. The maximum absolute atomic E-state index is 10.2. The smallest absolute Gasteiger partial charge is 0.113 e. The van der Waals surface area contributed by atoms with E-state index < -0.39 is 6.10 Å². The van der Waals surface area contributed by atoms with E-state index in [0.29, 0.717) is 0 Å². The molecule has 2 rings (SSSR count). The molecule has 0 saturated heterocycles. The normalized spacial score (nSPS) is 12.7. The minimum atomic E-state index is -0.490. The summed E-state index contributed by atoms with van der Waals surface area (Å²) in [5.74, 6) is 0. The Bertz CT molecular complexity index is 459. The highest BCUT2D eigenvalue weighted by molar-refractivity contribution is 7.98. The van der Waals surface area contributed by atoms with Crippen LogP contribution in [-0.2, 0) is 0 Å². The van der Waals surface area contributed by atoms with E-state index >= 15 is 0 Å². The van der Waals surface area contributed by atoms with Gasteiger partial charge in [0.2, 0.25) is 0 Å². The van der Waals surface area contributed by atoms with Crippen molar-refractivity contribution in [3.8, 4) is 0 Å². The Morgan fingerprint density at radius 3 is 2.38 bits per heavy atom. The lowest BCUT2D eigenvalue weighted by Crippen LogP contribution is -1.98. The molecule has 1 atom stereocenters. The third-order valence-corrected chi connectivity index (χ3v) is 4.40. The number of benzene rings is 1. The van der Waals surface area contributed by atoms with E-state index in [1.165, 1.54) is 4.90 Å². The molecule has 1 aromatic carbocycles. The molecular weight excluding hydrogens is 236 g/mol. The van der Waals surface area contributed by atoms with Crippen LogP contribution in [-0.4, -0.2) is 11.4 Å². The maximum Gasteiger partial charge on any atom is 0.113 e.